The molecule has 2 rings (SSSR count). The van der Waals surface area contributed by atoms with Gasteiger partial charge >= 0.3 is 0 Å². The number of fused-ring (bicyclic) bond motifs is 1. The molecule has 0 nitrogen and oxygen atoms in total. The van der Waals surface area contributed by atoms with Gasteiger partial charge < -0.3 is 0 Å². The van der Waals surface area contributed by atoms with E-state index in [2.05, 4.69) is 80.9 Å². The van der Waals surface area contributed by atoms with Crippen molar-refractivity contribution in [3.63, 3.8) is 0 Å². The Labute approximate surface area is 134 Å². The van der Waals surface area contributed by atoms with Gasteiger partial charge in [-0.25, -0.2) is 0 Å². The summed E-state index contributed by atoms with van der Waals surface area (Å²) in [7, 11) is -1.46. The Morgan fingerprint density at radius 3 is 1.74 bits per heavy atom. The van der Waals surface area contributed by atoms with E-state index in [0.29, 0.717) is 0 Å². The number of rotatable bonds is 4. The van der Waals surface area contributed by atoms with Crippen molar-refractivity contribution in [1.82, 2.24) is 0 Å². The van der Waals surface area contributed by atoms with Crippen LogP contribution < -0.4 is 4.50 Å². The Morgan fingerprint density at radius 2 is 1.32 bits per heavy atom. The molecule has 0 radical (unpaired) electrons. The van der Waals surface area contributed by atoms with Crippen LogP contribution >= 0.6 is 38.6 Å². The van der Waals surface area contributed by atoms with E-state index in [1.807, 2.05) is 11.3 Å². The molecule has 0 aliphatic heterocycles. The molecule has 0 atom stereocenters. The molecule has 4 heteroatoms. The molecule has 0 unspecified atom stereocenters. The summed E-state index contributed by atoms with van der Waals surface area (Å²) < 4.78 is 5.89. The zero-order chi connectivity index (χ0) is 14.4. The summed E-state index contributed by atoms with van der Waals surface area (Å²) in [6, 6.07) is 4.79. The SMILES string of the molecule is CC(C)[Si](c1cc2sc(Br)cc2s1)(C(C)C)C(C)C. The van der Waals surface area contributed by atoms with Crippen LogP contribution in [0.1, 0.15) is 41.5 Å². The summed E-state index contributed by atoms with van der Waals surface area (Å²) >= 11 is 7.53. The molecule has 2 heterocycles. The fourth-order valence-corrected chi connectivity index (χ4v) is 16.0. The van der Waals surface area contributed by atoms with Crippen molar-refractivity contribution in [3.8, 4) is 0 Å². The van der Waals surface area contributed by atoms with E-state index in [9.17, 15) is 0 Å². The first-order valence-electron chi connectivity index (χ1n) is 6.99. The average Bonchev–Trinajstić information content (AvgIpc) is 2.73. The van der Waals surface area contributed by atoms with E-state index in [-0.39, 0.29) is 0 Å². The summed E-state index contributed by atoms with van der Waals surface area (Å²) in [6.45, 7) is 14.6. The van der Waals surface area contributed by atoms with Gasteiger partial charge in [-0.2, -0.15) is 0 Å². The van der Waals surface area contributed by atoms with Gasteiger partial charge in [-0.15, -0.1) is 22.7 Å². The molecule has 0 fully saturated rings. The minimum absolute atomic E-state index is 0.795. The monoisotopic (exact) mass is 374 g/mol. The minimum atomic E-state index is -1.46. The van der Waals surface area contributed by atoms with Gasteiger partial charge in [0.25, 0.3) is 0 Å². The second kappa shape index (κ2) is 5.62. The van der Waals surface area contributed by atoms with Gasteiger partial charge in [0.05, 0.1) is 3.79 Å². The third kappa shape index (κ3) is 2.50. The normalized spacial score (nSPS) is 13.4. The lowest BCUT2D eigenvalue weighted by molar-refractivity contribution is 0.837. The molecule has 0 aliphatic rings. The van der Waals surface area contributed by atoms with Gasteiger partial charge in [-0.3, -0.25) is 0 Å². The predicted molar refractivity (Wildman–Crippen MR) is 98.1 cm³/mol. The fraction of sp³-hybridized carbons (Fsp3) is 0.600. The lowest BCUT2D eigenvalue weighted by Crippen LogP contribution is -2.54. The number of hydrogen-bond acceptors (Lipinski definition) is 2. The van der Waals surface area contributed by atoms with Gasteiger partial charge in [0.2, 0.25) is 0 Å². The summed E-state index contributed by atoms with van der Waals surface area (Å²) in [5.74, 6) is 0. The maximum Gasteiger partial charge on any atom is 0.107 e. The van der Waals surface area contributed by atoms with Crippen LogP contribution in [0.3, 0.4) is 0 Å². The van der Waals surface area contributed by atoms with Crippen molar-refractivity contribution < 1.29 is 0 Å². The van der Waals surface area contributed by atoms with Crippen molar-refractivity contribution in [3.05, 3.63) is 15.9 Å². The fourth-order valence-electron chi connectivity index (χ4n) is 3.87. The first kappa shape index (κ1) is 15.7. The van der Waals surface area contributed by atoms with Crippen LogP contribution in [0.4, 0.5) is 0 Å². The van der Waals surface area contributed by atoms with Gasteiger partial charge in [0.15, 0.2) is 0 Å². The Bertz CT molecular complexity index is 512. The molecule has 2 aromatic rings. The molecule has 0 saturated heterocycles. The smallest absolute Gasteiger partial charge is 0.107 e. The topological polar surface area (TPSA) is 0 Å². The molecule has 106 valence electrons. The molecule has 2 aromatic heterocycles. The molecular formula is C15H23BrS2Si. The first-order valence-corrected chi connectivity index (χ1v) is 11.6. The zero-order valence-corrected chi connectivity index (χ0v) is 16.8. The maximum absolute atomic E-state index is 3.60. The van der Waals surface area contributed by atoms with Crippen LogP contribution in [-0.2, 0) is 0 Å². The molecule has 0 bridgehead atoms. The molecule has 0 aliphatic carbocycles. The van der Waals surface area contributed by atoms with Crippen molar-refractivity contribution in [2.45, 2.75) is 58.2 Å². The lowest BCUT2D eigenvalue weighted by atomic mass is 10.5. The molecule has 0 aromatic carbocycles. The van der Waals surface area contributed by atoms with Gasteiger partial charge in [-0.1, -0.05) is 41.5 Å². The summed E-state index contributed by atoms with van der Waals surface area (Å²) in [6.07, 6.45) is 0. The second-order valence-corrected chi connectivity index (χ2v) is 16.1. The maximum atomic E-state index is 3.60. The lowest BCUT2D eigenvalue weighted by Gasteiger charge is -2.42. The Kier molecular flexibility index (Phi) is 4.66. The highest BCUT2D eigenvalue weighted by Gasteiger charge is 2.45. The van der Waals surface area contributed by atoms with E-state index >= 15 is 0 Å². The molecular weight excluding hydrogens is 352 g/mol. The third-order valence-electron chi connectivity index (χ3n) is 4.47. The van der Waals surface area contributed by atoms with Crippen LogP contribution in [0.25, 0.3) is 9.40 Å². The largest absolute Gasteiger partial charge is 0.144 e. The molecule has 0 amide bonds. The molecule has 0 saturated carbocycles. The van der Waals surface area contributed by atoms with Crippen LogP contribution in [0.15, 0.2) is 15.9 Å². The van der Waals surface area contributed by atoms with E-state index in [4.69, 9.17) is 0 Å². The number of hydrogen-bond donors (Lipinski definition) is 0. The van der Waals surface area contributed by atoms with E-state index in [0.717, 1.165) is 16.6 Å². The van der Waals surface area contributed by atoms with Crippen molar-refractivity contribution >= 4 is 60.6 Å². The number of halogens is 1. The van der Waals surface area contributed by atoms with Crippen molar-refractivity contribution in [1.29, 1.82) is 0 Å². The zero-order valence-electron chi connectivity index (χ0n) is 12.6. The summed E-state index contributed by atoms with van der Waals surface area (Å²) in [5.41, 5.74) is 2.39. The minimum Gasteiger partial charge on any atom is -0.144 e. The Balaban J connectivity index is 2.62. The van der Waals surface area contributed by atoms with Gasteiger partial charge in [-0.05, 0) is 49.2 Å². The van der Waals surface area contributed by atoms with E-state index < -0.39 is 8.07 Å². The standard InChI is InChI=1S/C15H23BrS2Si/c1-9(2)19(10(3)4,11(5)6)15-8-13-12(18-15)7-14(16)17-13/h7-11H,1-6H3. The first-order chi connectivity index (χ1) is 8.80. The second-order valence-electron chi connectivity index (χ2n) is 6.29. The highest BCUT2D eigenvalue weighted by molar-refractivity contribution is 9.11. The summed E-state index contributed by atoms with van der Waals surface area (Å²) in [5, 5.41) is 0. The molecule has 0 spiro atoms. The number of thiophene rings is 2. The molecule has 19 heavy (non-hydrogen) atoms. The van der Waals surface area contributed by atoms with Crippen LogP contribution in [0.5, 0.6) is 0 Å². The average molecular weight is 375 g/mol. The Morgan fingerprint density at radius 1 is 0.842 bits per heavy atom. The van der Waals surface area contributed by atoms with Gasteiger partial charge in [0.1, 0.15) is 8.07 Å². The highest BCUT2D eigenvalue weighted by atomic mass is 79.9. The van der Waals surface area contributed by atoms with Crippen LogP contribution in [-0.4, -0.2) is 8.07 Å². The van der Waals surface area contributed by atoms with E-state index in [1.54, 1.807) is 4.50 Å². The Hall–Kier alpha value is 0.357. The third-order valence-corrected chi connectivity index (χ3v) is 15.2. The summed E-state index contributed by atoms with van der Waals surface area (Å²) in [4.78, 5) is 0. The molecule has 0 N–H and O–H groups in total. The van der Waals surface area contributed by atoms with Crippen molar-refractivity contribution in [2.75, 3.05) is 0 Å². The van der Waals surface area contributed by atoms with E-state index in [1.165, 1.54) is 13.2 Å². The predicted octanol–water partition coefficient (Wildman–Crippen LogP) is 6.61. The highest BCUT2D eigenvalue weighted by Crippen LogP contribution is 2.44. The van der Waals surface area contributed by atoms with Crippen molar-refractivity contribution in [2.24, 2.45) is 0 Å². The quantitative estimate of drug-likeness (QED) is 0.527. The van der Waals surface area contributed by atoms with Crippen LogP contribution in [0.2, 0.25) is 16.6 Å². The van der Waals surface area contributed by atoms with Crippen LogP contribution in [0, 0.1) is 0 Å². The van der Waals surface area contributed by atoms with Gasteiger partial charge in [0, 0.05) is 9.40 Å².